The minimum absolute atomic E-state index is 0.307. The highest BCUT2D eigenvalue weighted by Gasteiger charge is 2.06. The molecule has 0 aliphatic heterocycles. The van der Waals surface area contributed by atoms with E-state index in [-0.39, 0.29) is 0 Å². The number of nitrogens with zero attached hydrogens (tertiary/aromatic N) is 1. The fourth-order valence-corrected chi connectivity index (χ4v) is 2.03. The predicted octanol–water partition coefficient (Wildman–Crippen LogP) is 2.80. The van der Waals surface area contributed by atoms with Crippen LogP contribution in [-0.2, 0) is 4.74 Å². The van der Waals surface area contributed by atoms with Crippen molar-refractivity contribution in [3.05, 3.63) is 59.7 Å². The number of carbonyl (C=O) groups excluding carboxylic acids is 1. The Balaban J connectivity index is 1.90. The quantitative estimate of drug-likeness (QED) is 0.376. The van der Waals surface area contributed by atoms with Crippen molar-refractivity contribution in [2.45, 2.75) is 0 Å². The zero-order chi connectivity index (χ0) is 17.4. The highest BCUT2D eigenvalue weighted by Crippen LogP contribution is 2.12. The van der Waals surface area contributed by atoms with Crippen LogP contribution in [-0.4, -0.2) is 31.5 Å². The Kier molecular flexibility index (Phi) is 6.27. The second kappa shape index (κ2) is 8.64. The first-order valence-electron chi connectivity index (χ1n) is 7.05. The third kappa shape index (κ3) is 5.06. The Bertz CT molecular complexity index is 745. The third-order valence-corrected chi connectivity index (χ3v) is 3.23. The molecule has 0 aliphatic carbocycles. The lowest BCUT2D eigenvalue weighted by Crippen LogP contribution is -2.24. The summed E-state index contributed by atoms with van der Waals surface area (Å²) in [5.41, 5.74) is 4.71. The van der Waals surface area contributed by atoms with Gasteiger partial charge in [-0.05, 0) is 60.2 Å². The first-order valence-corrected chi connectivity index (χ1v) is 7.45. The Morgan fingerprint density at radius 1 is 1.17 bits per heavy atom. The van der Waals surface area contributed by atoms with E-state index >= 15 is 0 Å². The van der Waals surface area contributed by atoms with Gasteiger partial charge >= 0.3 is 5.97 Å². The lowest BCUT2D eigenvalue weighted by atomic mass is 10.2. The number of hydrogen-bond acceptors (Lipinski definition) is 5. The average Bonchev–Trinajstić information content (AvgIpc) is 2.61. The molecule has 0 amide bonds. The fourth-order valence-electron chi connectivity index (χ4n) is 1.86. The van der Waals surface area contributed by atoms with Gasteiger partial charge in [-0.2, -0.15) is 5.10 Å². The summed E-state index contributed by atoms with van der Waals surface area (Å²) in [6, 6.07) is 14.3. The third-order valence-electron chi connectivity index (χ3n) is 3.04. The van der Waals surface area contributed by atoms with Gasteiger partial charge in [0, 0.05) is 5.69 Å². The van der Waals surface area contributed by atoms with Crippen LogP contribution in [0, 0.1) is 0 Å². The topological polar surface area (TPSA) is 72.0 Å². The number of nitrogens with one attached hydrogen (secondary N) is 2. The molecule has 2 aromatic carbocycles. The summed E-state index contributed by atoms with van der Waals surface area (Å²) < 4.78 is 9.77. The largest absolute Gasteiger partial charge is 0.497 e. The zero-order valence-corrected chi connectivity index (χ0v) is 14.1. The van der Waals surface area contributed by atoms with Crippen LogP contribution in [0.3, 0.4) is 0 Å². The maximum absolute atomic E-state index is 11.5. The second-order valence-corrected chi connectivity index (χ2v) is 5.08. The van der Waals surface area contributed by atoms with Gasteiger partial charge in [-0.3, -0.25) is 5.43 Å². The van der Waals surface area contributed by atoms with Crippen LogP contribution in [0.2, 0.25) is 0 Å². The van der Waals surface area contributed by atoms with Crippen molar-refractivity contribution in [2.24, 2.45) is 5.10 Å². The van der Waals surface area contributed by atoms with Crippen molar-refractivity contribution in [1.29, 1.82) is 0 Å². The molecule has 2 N–H and O–H groups in total. The molecule has 0 fully saturated rings. The number of carbonyl (C=O) groups is 1. The van der Waals surface area contributed by atoms with Gasteiger partial charge in [0.2, 0.25) is 0 Å². The number of anilines is 1. The van der Waals surface area contributed by atoms with Crippen molar-refractivity contribution in [1.82, 2.24) is 5.43 Å². The summed E-state index contributed by atoms with van der Waals surface area (Å²) >= 11 is 5.16. The van der Waals surface area contributed by atoms with Crippen LogP contribution in [0.25, 0.3) is 0 Å². The molecule has 0 radical (unpaired) electrons. The second-order valence-electron chi connectivity index (χ2n) is 4.67. The SMILES string of the molecule is COC(=O)c1cccc(NC(=S)N/N=C/c2ccc(OC)cc2)c1. The van der Waals surface area contributed by atoms with E-state index in [1.54, 1.807) is 37.6 Å². The summed E-state index contributed by atoms with van der Waals surface area (Å²) in [6.45, 7) is 0. The van der Waals surface area contributed by atoms with Crippen LogP contribution in [0.5, 0.6) is 5.75 Å². The highest BCUT2D eigenvalue weighted by atomic mass is 32.1. The van der Waals surface area contributed by atoms with Crippen LogP contribution < -0.4 is 15.5 Å². The first kappa shape index (κ1) is 17.4. The molecule has 7 heteroatoms. The molecule has 0 saturated carbocycles. The van der Waals surface area contributed by atoms with Crippen molar-refractivity contribution in [2.75, 3.05) is 19.5 Å². The van der Waals surface area contributed by atoms with E-state index in [4.69, 9.17) is 17.0 Å². The maximum atomic E-state index is 11.5. The molecule has 0 bridgehead atoms. The number of thiocarbonyl (C=S) groups is 1. The van der Waals surface area contributed by atoms with Crippen LogP contribution >= 0.6 is 12.2 Å². The molecule has 0 saturated heterocycles. The number of hydrogen-bond donors (Lipinski definition) is 2. The number of hydrazone groups is 1. The van der Waals surface area contributed by atoms with E-state index in [0.29, 0.717) is 16.4 Å². The van der Waals surface area contributed by atoms with Gasteiger partial charge in [0.05, 0.1) is 26.0 Å². The molecule has 0 atom stereocenters. The van der Waals surface area contributed by atoms with Gasteiger partial charge in [-0.15, -0.1) is 0 Å². The number of methoxy groups -OCH3 is 2. The summed E-state index contributed by atoms with van der Waals surface area (Å²) in [5.74, 6) is 0.373. The Morgan fingerprint density at radius 3 is 2.58 bits per heavy atom. The highest BCUT2D eigenvalue weighted by molar-refractivity contribution is 7.80. The number of benzene rings is 2. The van der Waals surface area contributed by atoms with Crippen molar-refractivity contribution < 1.29 is 14.3 Å². The molecule has 24 heavy (non-hydrogen) atoms. The van der Waals surface area contributed by atoms with Gasteiger partial charge in [0.25, 0.3) is 0 Å². The summed E-state index contributed by atoms with van der Waals surface area (Å²) in [7, 11) is 2.95. The normalized spacial score (nSPS) is 10.2. The predicted molar refractivity (Wildman–Crippen MR) is 97.7 cm³/mol. The lowest BCUT2D eigenvalue weighted by molar-refractivity contribution is 0.0601. The zero-order valence-electron chi connectivity index (χ0n) is 13.3. The van der Waals surface area contributed by atoms with Crippen LogP contribution in [0.4, 0.5) is 5.69 Å². The van der Waals surface area contributed by atoms with Gasteiger partial charge in [-0.25, -0.2) is 4.79 Å². The molecule has 2 aromatic rings. The molecule has 0 spiro atoms. The lowest BCUT2D eigenvalue weighted by Gasteiger charge is -2.08. The van der Waals surface area contributed by atoms with Gasteiger partial charge in [0.1, 0.15) is 5.75 Å². The summed E-state index contributed by atoms with van der Waals surface area (Å²) in [5, 5.41) is 7.31. The van der Waals surface area contributed by atoms with Crippen molar-refractivity contribution in [3.63, 3.8) is 0 Å². The van der Waals surface area contributed by atoms with Gasteiger partial charge < -0.3 is 14.8 Å². The molecule has 0 aromatic heterocycles. The maximum Gasteiger partial charge on any atom is 0.337 e. The van der Waals surface area contributed by atoms with E-state index in [9.17, 15) is 4.79 Å². The van der Waals surface area contributed by atoms with E-state index in [0.717, 1.165) is 11.3 Å². The van der Waals surface area contributed by atoms with E-state index in [1.165, 1.54) is 7.11 Å². The van der Waals surface area contributed by atoms with Crippen molar-refractivity contribution >= 4 is 35.2 Å². The molecular formula is C17H17N3O3S. The summed E-state index contributed by atoms with van der Waals surface area (Å²) in [6.07, 6.45) is 1.64. The molecule has 0 heterocycles. The minimum atomic E-state index is -0.407. The molecule has 2 rings (SSSR count). The average molecular weight is 343 g/mol. The Hall–Kier alpha value is -2.93. The fraction of sp³-hybridized carbons (Fsp3) is 0.118. The van der Waals surface area contributed by atoms with E-state index in [1.807, 2.05) is 24.3 Å². The van der Waals surface area contributed by atoms with Crippen molar-refractivity contribution in [3.8, 4) is 5.75 Å². The molecular weight excluding hydrogens is 326 g/mol. The smallest absolute Gasteiger partial charge is 0.337 e. The standard InChI is InChI=1S/C17H17N3O3S/c1-22-15-8-6-12(7-9-15)11-18-20-17(24)19-14-5-3-4-13(10-14)16(21)23-2/h3-11H,1-2H3,(H2,19,20,24)/b18-11+. The van der Waals surface area contributed by atoms with E-state index in [2.05, 4.69) is 20.6 Å². The van der Waals surface area contributed by atoms with Gasteiger partial charge in [0.15, 0.2) is 5.11 Å². The molecule has 124 valence electrons. The summed E-state index contributed by atoms with van der Waals surface area (Å²) in [4.78, 5) is 11.5. The van der Waals surface area contributed by atoms with Gasteiger partial charge in [-0.1, -0.05) is 6.07 Å². The minimum Gasteiger partial charge on any atom is -0.497 e. The number of rotatable bonds is 5. The molecule has 0 aliphatic rings. The Labute approximate surface area is 145 Å². The monoisotopic (exact) mass is 343 g/mol. The van der Waals surface area contributed by atoms with Crippen LogP contribution in [0.15, 0.2) is 53.6 Å². The number of ether oxygens (including phenoxy) is 2. The van der Waals surface area contributed by atoms with E-state index < -0.39 is 5.97 Å². The Morgan fingerprint density at radius 2 is 1.92 bits per heavy atom. The number of esters is 1. The molecule has 0 unspecified atom stereocenters. The first-order chi connectivity index (χ1) is 11.6. The molecule has 6 nitrogen and oxygen atoms in total. The van der Waals surface area contributed by atoms with Crippen LogP contribution in [0.1, 0.15) is 15.9 Å².